The van der Waals surface area contributed by atoms with Crippen molar-refractivity contribution in [1.82, 2.24) is 9.88 Å². The smallest absolute Gasteiger partial charge is 0.273 e. The molecule has 4 nitrogen and oxygen atoms in total. The fourth-order valence-electron chi connectivity index (χ4n) is 1.42. The van der Waals surface area contributed by atoms with E-state index in [0.717, 1.165) is 30.9 Å². The molecule has 0 aliphatic rings. The molecular formula is C11H19N3OS. The van der Waals surface area contributed by atoms with Crippen LogP contribution in [0.1, 0.15) is 42.2 Å². The highest BCUT2D eigenvalue weighted by Gasteiger charge is 2.16. The van der Waals surface area contributed by atoms with Crippen molar-refractivity contribution >= 4 is 17.2 Å². The lowest BCUT2D eigenvalue weighted by Gasteiger charge is -2.19. The maximum Gasteiger partial charge on any atom is 0.273 e. The van der Waals surface area contributed by atoms with Crippen LogP contribution in [-0.2, 0) is 6.54 Å². The van der Waals surface area contributed by atoms with E-state index < -0.39 is 0 Å². The van der Waals surface area contributed by atoms with Crippen LogP contribution in [0.3, 0.4) is 0 Å². The van der Waals surface area contributed by atoms with Crippen LogP contribution in [0.2, 0.25) is 0 Å². The fraction of sp³-hybridized carbons (Fsp3) is 0.636. The average molecular weight is 241 g/mol. The van der Waals surface area contributed by atoms with E-state index >= 15 is 0 Å². The molecule has 0 aromatic carbocycles. The Labute approximate surface area is 100 Å². The zero-order chi connectivity index (χ0) is 12.0. The maximum absolute atomic E-state index is 12.0. The van der Waals surface area contributed by atoms with E-state index in [4.69, 9.17) is 5.73 Å². The Morgan fingerprint density at radius 2 is 2.31 bits per heavy atom. The van der Waals surface area contributed by atoms with Gasteiger partial charge in [-0.2, -0.15) is 0 Å². The quantitative estimate of drug-likeness (QED) is 0.827. The highest BCUT2D eigenvalue weighted by Crippen LogP contribution is 2.11. The van der Waals surface area contributed by atoms with Gasteiger partial charge in [-0.05, 0) is 13.3 Å². The van der Waals surface area contributed by atoms with Gasteiger partial charge in [0.05, 0.1) is 0 Å². The van der Waals surface area contributed by atoms with Crippen LogP contribution in [0.25, 0.3) is 0 Å². The molecule has 0 saturated heterocycles. The van der Waals surface area contributed by atoms with E-state index in [1.54, 1.807) is 5.38 Å². The number of thiazole rings is 1. The summed E-state index contributed by atoms with van der Waals surface area (Å²) < 4.78 is 0. The second-order valence-corrected chi connectivity index (χ2v) is 4.51. The van der Waals surface area contributed by atoms with Crippen molar-refractivity contribution in [1.29, 1.82) is 0 Å². The van der Waals surface area contributed by atoms with Gasteiger partial charge < -0.3 is 10.6 Å². The first-order valence-corrected chi connectivity index (χ1v) is 6.54. The lowest BCUT2D eigenvalue weighted by molar-refractivity contribution is 0.0757. The number of unbranched alkanes of at least 4 members (excludes halogenated alkanes) is 1. The summed E-state index contributed by atoms with van der Waals surface area (Å²) in [5.41, 5.74) is 6.01. The van der Waals surface area contributed by atoms with Gasteiger partial charge in [0.15, 0.2) is 0 Å². The van der Waals surface area contributed by atoms with Crippen molar-refractivity contribution in [2.24, 2.45) is 5.73 Å². The zero-order valence-corrected chi connectivity index (χ0v) is 10.7. The first-order chi connectivity index (χ1) is 7.72. The van der Waals surface area contributed by atoms with Crippen LogP contribution in [-0.4, -0.2) is 28.9 Å². The Balaban J connectivity index is 2.66. The minimum atomic E-state index is 0.0203. The molecule has 5 heteroatoms. The summed E-state index contributed by atoms with van der Waals surface area (Å²) in [5.74, 6) is 0.0203. The molecular weight excluding hydrogens is 222 g/mol. The number of nitrogens with zero attached hydrogens (tertiary/aromatic N) is 2. The topological polar surface area (TPSA) is 59.2 Å². The van der Waals surface area contributed by atoms with Crippen molar-refractivity contribution in [2.45, 2.75) is 33.2 Å². The number of rotatable bonds is 6. The molecule has 1 rings (SSSR count). The standard InChI is InChI=1S/C11H19N3OS/c1-3-5-6-14(4-2)11(15)9-8-16-10(7-12)13-9/h8H,3-7,12H2,1-2H3. The number of carbonyl (C=O) groups is 1. The molecule has 0 atom stereocenters. The van der Waals surface area contributed by atoms with Crippen molar-refractivity contribution < 1.29 is 4.79 Å². The van der Waals surface area contributed by atoms with Crippen molar-refractivity contribution in [3.05, 3.63) is 16.1 Å². The second kappa shape index (κ2) is 6.60. The van der Waals surface area contributed by atoms with Crippen LogP contribution < -0.4 is 5.73 Å². The minimum absolute atomic E-state index is 0.0203. The molecule has 1 heterocycles. The Kier molecular flexibility index (Phi) is 5.42. The first kappa shape index (κ1) is 13.1. The molecule has 90 valence electrons. The number of aromatic nitrogens is 1. The van der Waals surface area contributed by atoms with Gasteiger partial charge >= 0.3 is 0 Å². The average Bonchev–Trinajstić information content (AvgIpc) is 2.78. The second-order valence-electron chi connectivity index (χ2n) is 3.57. The van der Waals surface area contributed by atoms with E-state index in [1.165, 1.54) is 11.3 Å². The summed E-state index contributed by atoms with van der Waals surface area (Å²) >= 11 is 1.45. The molecule has 0 aliphatic carbocycles. The van der Waals surface area contributed by atoms with E-state index in [-0.39, 0.29) is 5.91 Å². The van der Waals surface area contributed by atoms with Crippen molar-refractivity contribution in [2.75, 3.05) is 13.1 Å². The van der Waals surface area contributed by atoms with E-state index in [2.05, 4.69) is 11.9 Å². The van der Waals surface area contributed by atoms with Crippen LogP contribution >= 0.6 is 11.3 Å². The Hall–Kier alpha value is -0.940. The van der Waals surface area contributed by atoms with Crippen molar-refractivity contribution in [3.63, 3.8) is 0 Å². The molecule has 1 aromatic rings. The fourth-order valence-corrected chi connectivity index (χ4v) is 2.07. The van der Waals surface area contributed by atoms with Gasteiger partial charge in [-0.25, -0.2) is 4.98 Å². The number of carbonyl (C=O) groups excluding carboxylic acids is 1. The predicted molar refractivity (Wildman–Crippen MR) is 66.5 cm³/mol. The number of hydrogen-bond acceptors (Lipinski definition) is 4. The number of nitrogens with two attached hydrogens (primary N) is 1. The highest BCUT2D eigenvalue weighted by atomic mass is 32.1. The molecule has 0 bridgehead atoms. The van der Waals surface area contributed by atoms with Gasteiger partial charge in [-0.3, -0.25) is 4.79 Å². The molecule has 2 N–H and O–H groups in total. The van der Waals surface area contributed by atoms with E-state index in [9.17, 15) is 4.79 Å². The molecule has 16 heavy (non-hydrogen) atoms. The van der Waals surface area contributed by atoms with Crippen molar-refractivity contribution in [3.8, 4) is 0 Å². The molecule has 0 spiro atoms. The molecule has 0 fully saturated rings. The molecule has 0 saturated carbocycles. The van der Waals surface area contributed by atoms with Gasteiger partial charge in [0, 0.05) is 25.0 Å². The highest BCUT2D eigenvalue weighted by molar-refractivity contribution is 7.09. The molecule has 0 aliphatic heterocycles. The third-order valence-electron chi connectivity index (χ3n) is 2.40. The molecule has 1 amide bonds. The Morgan fingerprint density at radius 3 is 2.81 bits per heavy atom. The normalized spacial score (nSPS) is 10.4. The summed E-state index contributed by atoms with van der Waals surface area (Å²) in [7, 11) is 0. The Bertz CT molecular complexity index is 338. The lowest BCUT2D eigenvalue weighted by Crippen LogP contribution is -2.32. The van der Waals surface area contributed by atoms with Crippen LogP contribution in [0.5, 0.6) is 0 Å². The SMILES string of the molecule is CCCCN(CC)C(=O)c1csc(CN)n1. The summed E-state index contributed by atoms with van der Waals surface area (Å²) in [6, 6.07) is 0. The Morgan fingerprint density at radius 1 is 1.56 bits per heavy atom. The predicted octanol–water partition coefficient (Wildman–Crippen LogP) is 1.86. The van der Waals surface area contributed by atoms with Gasteiger partial charge in [-0.15, -0.1) is 11.3 Å². The van der Waals surface area contributed by atoms with Crippen LogP contribution in [0, 0.1) is 0 Å². The van der Waals surface area contributed by atoms with E-state index in [0.29, 0.717) is 12.2 Å². The summed E-state index contributed by atoms with van der Waals surface area (Å²) in [6.45, 7) is 6.05. The van der Waals surface area contributed by atoms with Gasteiger partial charge in [0.2, 0.25) is 0 Å². The number of hydrogen-bond donors (Lipinski definition) is 1. The zero-order valence-electron chi connectivity index (χ0n) is 9.90. The molecule has 0 unspecified atom stereocenters. The summed E-state index contributed by atoms with van der Waals surface area (Å²) in [4.78, 5) is 18.1. The summed E-state index contributed by atoms with van der Waals surface area (Å²) in [5, 5.41) is 2.61. The molecule has 0 radical (unpaired) electrons. The third kappa shape index (κ3) is 3.28. The first-order valence-electron chi connectivity index (χ1n) is 5.66. The number of amides is 1. The largest absolute Gasteiger partial charge is 0.338 e. The lowest BCUT2D eigenvalue weighted by atomic mass is 10.3. The van der Waals surface area contributed by atoms with Gasteiger partial charge in [-0.1, -0.05) is 13.3 Å². The third-order valence-corrected chi connectivity index (χ3v) is 3.27. The van der Waals surface area contributed by atoms with Crippen LogP contribution in [0.15, 0.2) is 5.38 Å². The maximum atomic E-state index is 12.0. The summed E-state index contributed by atoms with van der Waals surface area (Å²) in [6.07, 6.45) is 2.13. The monoisotopic (exact) mass is 241 g/mol. The van der Waals surface area contributed by atoms with Gasteiger partial charge in [0.25, 0.3) is 5.91 Å². The minimum Gasteiger partial charge on any atom is -0.338 e. The molecule has 1 aromatic heterocycles. The van der Waals surface area contributed by atoms with Gasteiger partial charge in [0.1, 0.15) is 10.7 Å². The van der Waals surface area contributed by atoms with Crippen LogP contribution in [0.4, 0.5) is 0 Å². The van der Waals surface area contributed by atoms with E-state index in [1.807, 2.05) is 11.8 Å².